The van der Waals surface area contributed by atoms with Crippen LogP contribution in [0.15, 0.2) is 121 Å². The third-order valence-electron chi connectivity index (χ3n) is 12.8. The van der Waals surface area contributed by atoms with Gasteiger partial charge in [0.1, 0.15) is 8.07 Å². The zero-order valence-corrected chi connectivity index (χ0v) is 30.8. The number of rotatable bonds is 4. The van der Waals surface area contributed by atoms with Gasteiger partial charge in [-0.2, -0.15) is 0 Å². The SMILES string of the molecule is Cc1ccc2c(C)cc3c(c2c1)c1cc(N2c4ccccc4C4(C)CCCCC24C)ccc1n3-c1cccc([Si](C)(C)c2ccccc2)c1. The van der Waals surface area contributed by atoms with Crippen molar-refractivity contribution >= 4 is 62.4 Å². The standard InChI is InChI=1S/C46H46N2Si/c1-31-21-23-37-32(2)28-43-44(38(37)27-31)39-30-34(48-42-20-11-10-19-40(42)45(3)25-12-13-26-46(45,48)4)22-24-41(39)47(43)33-15-14-18-36(29-33)49(5,6)35-16-8-7-9-17-35/h7-11,14-24,27-30H,12-13,25-26H2,1-6H3. The largest absolute Gasteiger partial charge is 0.334 e. The second-order valence-electron chi connectivity index (χ2n) is 15.9. The monoisotopic (exact) mass is 654 g/mol. The van der Waals surface area contributed by atoms with Crippen molar-refractivity contribution in [2.24, 2.45) is 0 Å². The maximum atomic E-state index is 2.72. The van der Waals surface area contributed by atoms with Crippen LogP contribution in [0.25, 0.3) is 38.3 Å². The molecule has 244 valence electrons. The summed E-state index contributed by atoms with van der Waals surface area (Å²) in [6.07, 6.45) is 5.02. The van der Waals surface area contributed by atoms with Crippen molar-refractivity contribution in [3.63, 3.8) is 0 Å². The molecule has 6 aromatic carbocycles. The van der Waals surface area contributed by atoms with Gasteiger partial charge >= 0.3 is 0 Å². The normalized spacial score (nSPS) is 20.7. The number of hydrogen-bond donors (Lipinski definition) is 0. The van der Waals surface area contributed by atoms with Crippen molar-refractivity contribution in [1.82, 2.24) is 4.57 Å². The zero-order valence-electron chi connectivity index (χ0n) is 29.8. The van der Waals surface area contributed by atoms with Crippen molar-refractivity contribution in [2.75, 3.05) is 4.90 Å². The minimum Gasteiger partial charge on any atom is -0.334 e. The molecule has 0 saturated heterocycles. The highest BCUT2D eigenvalue weighted by molar-refractivity contribution is 7.00. The number of aryl methyl sites for hydroxylation is 2. The van der Waals surface area contributed by atoms with Crippen LogP contribution in [0.2, 0.25) is 13.1 Å². The van der Waals surface area contributed by atoms with Crippen LogP contribution in [0.1, 0.15) is 56.2 Å². The summed E-state index contributed by atoms with van der Waals surface area (Å²) < 4.78 is 2.55. The number of aromatic nitrogens is 1. The van der Waals surface area contributed by atoms with E-state index < -0.39 is 8.07 Å². The van der Waals surface area contributed by atoms with E-state index in [2.05, 4.69) is 172 Å². The van der Waals surface area contributed by atoms with Crippen LogP contribution in [0, 0.1) is 13.8 Å². The molecule has 1 fully saturated rings. The van der Waals surface area contributed by atoms with E-state index in [0.29, 0.717) is 0 Å². The lowest BCUT2D eigenvalue weighted by Crippen LogP contribution is -2.54. The number of hydrogen-bond acceptors (Lipinski definition) is 1. The molecule has 0 bridgehead atoms. The molecule has 0 amide bonds. The Bertz CT molecular complexity index is 2440. The van der Waals surface area contributed by atoms with Gasteiger partial charge in [0.15, 0.2) is 0 Å². The van der Waals surface area contributed by atoms with Crippen LogP contribution in [0.3, 0.4) is 0 Å². The molecule has 1 aromatic heterocycles. The lowest BCUT2D eigenvalue weighted by atomic mass is 9.61. The van der Waals surface area contributed by atoms with E-state index in [9.17, 15) is 0 Å². The van der Waals surface area contributed by atoms with Gasteiger partial charge in [-0.3, -0.25) is 0 Å². The molecule has 3 heteroatoms. The Morgan fingerprint density at radius 3 is 2.18 bits per heavy atom. The molecule has 0 N–H and O–H groups in total. The van der Waals surface area contributed by atoms with Crippen molar-refractivity contribution in [3.05, 3.63) is 138 Å². The Morgan fingerprint density at radius 1 is 0.592 bits per heavy atom. The summed E-state index contributed by atoms with van der Waals surface area (Å²) in [6, 6.07) is 46.6. The van der Waals surface area contributed by atoms with Gasteiger partial charge in [0, 0.05) is 33.2 Å². The van der Waals surface area contributed by atoms with Gasteiger partial charge in [-0.05, 0) is 98.0 Å². The summed E-state index contributed by atoms with van der Waals surface area (Å²) in [7, 11) is -1.91. The van der Waals surface area contributed by atoms with Gasteiger partial charge in [0.25, 0.3) is 0 Å². The van der Waals surface area contributed by atoms with E-state index in [-0.39, 0.29) is 11.0 Å². The molecule has 1 aliphatic heterocycles. The Labute approximate surface area is 292 Å². The van der Waals surface area contributed by atoms with Gasteiger partial charge in [0.2, 0.25) is 0 Å². The van der Waals surface area contributed by atoms with Gasteiger partial charge in [-0.25, -0.2) is 0 Å². The average molecular weight is 655 g/mol. The fraction of sp³-hybridized carbons (Fsp3) is 0.261. The minimum atomic E-state index is -1.91. The average Bonchev–Trinajstić information content (AvgIpc) is 3.54. The highest BCUT2D eigenvalue weighted by Crippen LogP contribution is 2.61. The first-order valence-corrected chi connectivity index (χ1v) is 21.2. The molecule has 2 unspecified atom stereocenters. The van der Waals surface area contributed by atoms with E-state index in [1.54, 1.807) is 0 Å². The van der Waals surface area contributed by atoms with Gasteiger partial charge in [-0.15, -0.1) is 0 Å². The molecule has 49 heavy (non-hydrogen) atoms. The number of nitrogens with zero attached hydrogens (tertiary/aromatic N) is 2. The summed E-state index contributed by atoms with van der Waals surface area (Å²) in [6.45, 7) is 14.5. The molecule has 2 aliphatic rings. The molecule has 0 radical (unpaired) electrons. The van der Waals surface area contributed by atoms with Gasteiger partial charge in [-0.1, -0.05) is 128 Å². The second-order valence-corrected chi connectivity index (χ2v) is 20.3. The summed E-state index contributed by atoms with van der Waals surface area (Å²) >= 11 is 0. The van der Waals surface area contributed by atoms with Crippen molar-refractivity contribution in [3.8, 4) is 5.69 Å². The number of anilines is 2. The van der Waals surface area contributed by atoms with E-state index in [0.717, 1.165) is 0 Å². The summed E-state index contributed by atoms with van der Waals surface area (Å²) in [4.78, 5) is 2.72. The Hall–Kier alpha value is -4.60. The Balaban J connectivity index is 1.33. The third-order valence-corrected chi connectivity index (χ3v) is 16.3. The molecule has 2 atom stereocenters. The van der Waals surface area contributed by atoms with Crippen LogP contribution >= 0.6 is 0 Å². The lowest BCUT2D eigenvalue weighted by molar-refractivity contribution is 0.195. The van der Waals surface area contributed by atoms with E-state index in [4.69, 9.17) is 0 Å². The van der Waals surface area contributed by atoms with Crippen LogP contribution in [-0.2, 0) is 5.41 Å². The highest BCUT2D eigenvalue weighted by Gasteiger charge is 2.57. The predicted octanol–water partition coefficient (Wildman–Crippen LogP) is 11.1. The number of benzene rings is 6. The molecule has 0 spiro atoms. The third kappa shape index (κ3) is 4.24. The van der Waals surface area contributed by atoms with Crippen LogP contribution in [0.4, 0.5) is 11.4 Å². The van der Waals surface area contributed by atoms with Crippen LogP contribution in [-0.4, -0.2) is 18.2 Å². The van der Waals surface area contributed by atoms with Crippen molar-refractivity contribution < 1.29 is 0 Å². The van der Waals surface area contributed by atoms with Gasteiger partial charge < -0.3 is 9.47 Å². The summed E-state index contributed by atoms with van der Waals surface area (Å²) in [5.41, 5.74) is 10.8. The maximum Gasteiger partial charge on any atom is 0.112 e. The zero-order chi connectivity index (χ0) is 33.7. The molecule has 1 aliphatic carbocycles. The second kappa shape index (κ2) is 10.7. The number of para-hydroxylation sites is 1. The molecule has 2 heterocycles. The number of fused-ring (bicyclic) bond motifs is 8. The van der Waals surface area contributed by atoms with E-state index in [1.807, 2.05) is 0 Å². The molecular formula is C46H46N2Si. The quantitative estimate of drug-likeness (QED) is 0.172. The van der Waals surface area contributed by atoms with Crippen molar-refractivity contribution in [1.29, 1.82) is 0 Å². The van der Waals surface area contributed by atoms with Gasteiger partial charge in [0.05, 0.1) is 16.6 Å². The fourth-order valence-electron chi connectivity index (χ4n) is 9.78. The minimum absolute atomic E-state index is 0.0260. The van der Waals surface area contributed by atoms with Crippen molar-refractivity contribution in [2.45, 2.75) is 77.4 Å². The predicted molar refractivity (Wildman–Crippen MR) is 214 cm³/mol. The fourth-order valence-corrected chi connectivity index (χ4v) is 12.2. The first-order valence-electron chi connectivity index (χ1n) is 18.2. The smallest absolute Gasteiger partial charge is 0.112 e. The Morgan fingerprint density at radius 2 is 1.35 bits per heavy atom. The molecule has 7 aromatic rings. The highest BCUT2D eigenvalue weighted by atomic mass is 28.3. The van der Waals surface area contributed by atoms with E-state index in [1.165, 1.54) is 102 Å². The molecular weight excluding hydrogens is 609 g/mol. The maximum absolute atomic E-state index is 2.72. The van der Waals surface area contributed by atoms with Crippen LogP contribution in [0.5, 0.6) is 0 Å². The first kappa shape index (κ1) is 30.5. The molecule has 9 rings (SSSR count). The Kier molecular flexibility index (Phi) is 6.65. The van der Waals surface area contributed by atoms with E-state index >= 15 is 0 Å². The molecule has 2 nitrogen and oxygen atoms in total. The van der Waals surface area contributed by atoms with Crippen LogP contribution < -0.4 is 15.3 Å². The molecule has 1 saturated carbocycles. The topological polar surface area (TPSA) is 8.17 Å². The first-order chi connectivity index (χ1) is 23.6. The lowest BCUT2D eigenvalue weighted by Gasteiger charge is -2.50. The summed E-state index contributed by atoms with van der Waals surface area (Å²) in [5, 5.41) is 8.29. The summed E-state index contributed by atoms with van der Waals surface area (Å²) in [5.74, 6) is 0.